The Morgan fingerprint density at radius 1 is 0.395 bits per heavy atom. The molecule has 14 rings (SSSR count). The second-order valence-corrected chi connectivity index (χ2v) is 28.8. The zero-order chi connectivity index (χ0) is 80.6. The number of aromatic nitrogens is 8. The molecule has 584 valence electrons. The van der Waals surface area contributed by atoms with Crippen LogP contribution < -0.4 is 47.0 Å². The van der Waals surface area contributed by atoms with E-state index in [0.717, 1.165) is 82.8 Å². The van der Waals surface area contributed by atoms with Crippen molar-refractivity contribution in [2.45, 2.75) is 78.0 Å². The highest BCUT2D eigenvalue weighted by molar-refractivity contribution is 6.34. The van der Waals surface area contributed by atoms with Crippen molar-refractivity contribution in [2.24, 2.45) is 0 Å². The molecule has 2 saturated heterocycles. The van der Waals surface area contributed by atoms with Crippen LogP contribution in [0.15, 0.2) is 244 Å². The number of amides is 4. The van der Waals surface area contributed by atoms with Crippen LogP contribution >= 0.6 is 46.4 Å². The van der Waals surface area contributed by atoms with E-state index < -0.39 is 12.2 Å². The lowest BCUT2D eigenvalue weighted by Gasteiger charge is -2.36. The molecule has 9 N–H and O–H groups in total. The lowest BCUT2D eigenvalue weighted by molar-refractivity contribution is -0.00547. The standard InChI is InChI=1S/C23H24ClN5O.C23H23ClN4O2.2C20H19ClN4O2/c1-15-13-29(14-16(2)27-15)22-9-6-17(12-26-22)23(30)28-18-7-8-20(24)19(11-18)21-5-3-4-10-25-21;1-15-13-28(14-16(2)30-15)22-9-6-17(12-26-22)23(29)27-18-7-8-20(24)19(11-18)21-5-3-4-10-25-21;2*1-13(26)11-23-19-8-5-14(12-24-19)20(27)25-15-6-7-17(21)16(10-15)18-4-2-3-9-22-18/h3-12,15-16,27H,13-14H2,1-2H3,(H,28,30);3-12,15-16H,13-14H2,1-2H3,(H,27,29);2*2-10,12-13,26H,11H2,1H3,(H,23,24)(H,25,27)/t;;2*13-/m..00/s1. The molecule has 114 heavy (non-hydrogen) atoms. The van der Waals surface area contributed by atoms with Crippen LogP contribution in [0.3, 0.4) is 0 Å². The van der Waals surface area contributed by atoms with Gasteiger partial charge in [-0.1, -0.05) is 70.7 Å². The molecule has 28 heteroatoms. The van der Waals surface area contributed by atoms with Gasteiger partial charge in [0, 0.05) is 146 Å². The van der Waals surface area contributed by atoms with E-state index in [-0.39, 0.29) is 35.8 Å². The molecule has 8 aromatic heterocycles. The first-order valence-corrected chi connectivity index (χ1v) is 38.2. The third-order valence-corrected chi connectivity index (χ3v) is 18.8. The van der Waals surface area contributed by atoms with E-state index in [4.69, 9.17) is 51.1 Å². The second-order valence-electron chi connectivity index (χ2n) is 27.1. The highest BCUT2D eigenvalue weighted by Gasteiger charge is 2.25. The fraction of sp³-hybridized carbons (Fsp3) is 0.209. The third-order valence-electron chi connectivity index (χ3n) is 17.5. The number of hydrogen-bond acceptors (Lipinski definition) is 20. The molecule has 2 fully saturated rings. The number of carbonyl (C=O) groups is 4. The number of benzene rings is 4. The number of nitrogens with one attached hydrogen (secondary N) is 7. The number of piperazine rings is 1. The van der Waals surface area contributed by atoms with Gasteiger partial charge in [0.15, 0.2) is 0 Å². The van der Waals surface area contributed by atoms with E-state index >= 15 is 0 Å². The molecular weight excluding hydrogens is 1520 g/mol. The summed E-state index contributed by atoms with van der Waals surface area (Å²) >= 11 is 25.2. The zero-order valence-electron chi connectivity index (χ0n) is 63.2. The number of ether oxygens (including phenoxy) is 1. The topological polar surface area (TPSA) is 312 Å². The summed E-state index contributed by atoms with van der Waals surface area (Å²) in [6.07, 6.45) is 12.3. The van der Waals surface area contributed by atoms with Gasteiger partial charge < -0.3 is 62.0 Å². The number of aliphatic hydroxyl groups is 2. The summed E-state index contributed by atoms with van der Waals surface area (Å²) in [4.78, 5) is 89.4. The molecule has 4 amide bonds. The first-order valence-electron chi connectivity index (χ1n) is 36.7. The molecule has 0 aliphatic carbocycles. The Balaban J connectivity index is 0.000000150. The largest absolute Gasteiger partial charge is 0.392 e. The van der Waals surface area contributed by atoms with Crippen LogP contribution in [-0.4, -0.2) is 149 Å². The van der Waals surface area contributed by atoms with Gasteiger partial charge in [-0.25, -0.2) is 19.9 Å². The number of rotatable bonds is 20. The number of carbonyl (C=O) groups excluding carboxylic acids is 4. The quantitative estimate of drug-likeness (QED) is 0.0342. The van der Waals surface area contributed by atoms with Gasteiger partial charge in [-0.05, 0) is 211 Å². The maximum Gasteiger partial charge on any atom is 0.257 e. The van der Waals surface area contributed by atoms with Crippen molar-refractivity contribution in [2.75, 3.05) is 81.0 Å². The number of aliphatic hydroxyl groups excluding tert-OH is 2. The van der Waals surface area contributed by atoms with Gasteiger partial charge in [-0.2, -0.15) is 0 Å². The number of morpholine rings is 1. The number of hydrogen-bond donors (Lipinski definition) is 9. The Labute approximate surface area is 681 Å². The third kappa shape index (κ3) is 24.1. The fourth-order valence-corrected chi connectivity index (χ4v) is 13.0. The summed E-state index contributed by atoms with van der Waals surface area (Å²) in [5.41, 5.74) is 10.3. The molecular formula is C86H85Cl4N17O7. The molecule has 10 heterocycles. The smallest absolute Gasteiger partial charge is 0.257 e. The average Bonchev–Trinajstić information content (AvgIpc) is 0.844. The van der Waals surface area contributed by atoms with Crippen LogP contribution in [0.25, 0.3) is 45.0 Å². The van der Waals surface area contributed by atoms with Crippen LogP contribution in [0, 0.1) is 0 Å². The number of pyridine rings is 8. The van der Waals surface area contributed by atoms with E-state index in [2.05, 4.69) is 115 Å². The molecule has 2 aliphatic rings. The van der Waals surface area contributed by atoms with Crippen molar-refractivity contribution in [3.8, 4) is 45.0 Å². The summed E-state index contributed by atoms with van der Waals surface area (Å²) < 4.78 is 5.77. The minimum atomic E-state index is -0.479. The van der Waals surface area contributed by atoms with E-state index in [1.165, 1.54) is 12.4 Å². The molecule has 0 saturated carbocycles. The lowest BCUT2D eigenvalue weighted by Crippen LogP contribution is -2.54. The molecule has 6 atom stereocenters. The predicted molar refractivity (Wildman–Crippen MR) is 454 cm³/mol. The van der Waals surface area contributed by atoms with Gasteiger partial charge >= 0.3 is 0 Å². The Kier molecular flexibility index (Phi) is 29.6. The van der Waals surface area contributed by atoms with Gasteiger partial charge in [-0.15, -0.1) is 0 Å². The zero-order valence-corrected chi connectivity index (χ0v) is 66.2. The molecule has 2 aliphatic heterocycles. The van der Waals surface area contributed by atoms with Crippen LogP contribution in [0.4, 0.5) is 46.0 Å². The predicted octanol–water partition coefficient (Wildman–Crippen LogP) is 16.6. The highest BCUT2D eigenvalue weighted by Crippen LogP contribution is 2.34. The summed E-state index contributed by atoms with van der Waals surface area (Å²) in [5.74, 6) is 1.91. The Hall–Kier alpha value is -11.8. The normalized spacial score (nSPS) is 15.4. The first-order chi connectivity index (χ1) is 55.0. The second kappa shape index (κ2) is 40.6. The van der Waals surface area contributed by atoms with Crippen molar-refractivity contribution in [1.29, 1.82) is 0 Å². The SMILES string of the molecule is CC1CN(c2ccc(C(=O)Nc3ccc(Cl)c(-c4ccccn4)c3)cn2)CC(C)N1.CC1CN(c2ccc(C(=O)Nc3ccc(Cl)c(-c4ccccn4)c3)cn2)CC(C)O1.C[C@H](O)CNc1ccc(C(=O)Nc2ccc(Cl)c(-c3ccccn3)c2)cn1.C[C@H](O)CNc1ccc(C(=O)Nc2ccc(Cl)c(-c3ccccn3)c2)cn1. The van der Waals surface area contributed by atoms with Crippen LogP contribution in [0.1, 0.15) is 83.0 Å². The number of halogens is 4. The minimum absolute atomic E-state index is 0.150. The first kappa shape index (κ1) is 83.1. The van der Waals surface area contributed by atoms with E-state index in [9.17, 15) is 29.4 Å². The van der Waals surface area contributed by atoms with Crippen molar-refractivity contribution < 1.29 is 34.1 Å². The Bertz CT molecular complexity index is 4830. The number of anilines is 8. The average molecular weight is 1610 g/mol. The molecule has 0 spiro atoms. The maximum absolute atomic E-state index is 12.7. The van der Waals surface area contributed by atoms with E-state index in [1.54, 1.807) is 142 Å². The Morgan fingerprint density at radius 3 is 0.939 bits per heavy atom. The lowest BCUT2D eigenvalue weighted by atomic mass is 10.1. The van der Waals surface area contributed by atoms with Crippen molar-refractivity contribution in [1.82, 2.24) is 45.2 Å². The molecule has 12 aromatic rings. The monoisotopic (exact) mass is 1610 g/mol. The van der Waals surface area contributed by atoms with Gasteiger partial charge in [0.1, 0.15) is 23.3 Å². The summed E-state index contributed by atoms with van der Waals surface area (Å²) in [5, 5.41) is 41.8. The van der Waals surface area contributed by atoms with Crippen LogP contribution in [-0.2, 0) is 4.74 Å². The highest BCUT2D eigenvalue weighted by atomic mass is 35.5. The fourth-order valence-electron chi connectivity index (χ4n) is 12.2. The summed E-state index contributed by atoms with van der Waals surface area (Å²) in [6.45, 7) is 15.9. The van der Waals surface area contributed by atoms with Gasteiger partial charge in [0.2, 0.25) is 0 Å². The van der Waals surface area contributed by atoms with Crippen LogP contribution in [0.2, 0.25) is 20.1 Å². The maximum atomic E-state index is 12.7. The summed E-state index contributed by atoms with van der Waals surface area (Å²) in [6, 6.07) is 58.5. The van der Waals surface area contributed by atoms with Gasteiger partial charge in [0.05, 0.1) is 89.5 Å². The molecule has 24 nitrogen and oxygen atoms in total. The van der Waals surface area contributed by atoms with Gasteiger partial charge in [-0.3, -0.25) is 39.1 Å². The minimum Gasteiger partial charge on any atom is -0.392 e. The Morgan fingerprint density at radius 2 is 0.684 bits per heavy atom. The van der Waals surface area contributed by atoms with E-state index in [0.29, 0.717) is 102 Å². The van der Waals surface area contributed by atoms with Gasteiger partial charge in [0.25, 0.3) is 23.6 Å². The van der Waals surface area contributed by atoms with Crippen molar-refractivity contribution in [3.63, 3.8) is 0 Å². The van der Waals surface area contributed by atoms with Crippen LogP contribution in [0.5, 0.6) is 0 Å². The molecule has 4 unspecified atom stereocenters. The van der Waals surface area contributed by atoms with Crippen molar-refractivity contribution >= 4 is 116 Å². The molecule has 4 aromatic carbocycles. The summed E-state index contributed by atoms with van der Waals surface area (Å²) in [7, 11) is 0. The molecule has 0 radical (unpaired) electrons. The molecule has 0 bridgehead atoms. The number of nitrogens with zero attached hydrogens (tertiary/aromatic N) is 10. The van der Waals surface area contributed by atoms with Crippen molar-refractivity contribution in [3.05, 3.63) is 286 Å². The van der Waals surface area contributed by atoms with E-state index in [1.807, 2.05) is 103 Å².